The molecule has 0 aromatic carbocycles. The van der Waals surface area contributed by atoms with Gasteiger partial charge in [0.1, 0.15) is 6.54 Å². The fourth-order valence-electron chi connectivity index (χ4n) is 1.70. The molecule has 7 heteroatoms. The van der Waals surface area contributed by atoms with Gasteiger partial charge in [0.2, 0.25) is 5.91 Å². The summed E-state index contributed by atoms with van der Waals surface area (Å²) < 4.78 is 6.29. The molecule has 0 atom stereocenters. The quantitative estimate of drug-likeness (QED) is 0.707. The van der Waals surface area contributed by atoms with Crippen LogP contribution in [0, 0.1) is 6.92 Å². The number of likely N-dealkylation sites (N-methyl/N-ethyl adjacent to an activating group) is 1. The van der Waals surface area contributed by atoms with E-state index >= 15 is 0 Å². The molecule has 1 heterocycles. The van der Waals surface area contributed by atoms with Gasteiger partial charge in [-0.05, 0) is 27.7 Å². The Morgan fingerprint density at radius 3 is 2.42 bits per heavy atom. The number of rotatable bonds is 6. The highest BCUT2D eigenvalue weighted by Crippen LogP contribution is 2.06. The molecule has 0 bridgehead atoms. The van der Waals surface area contributed by atoms with Gasteiger partial charge in [0, 0.05) is 13.1 Å². The van der Waals surface area contributed by atoms with Crippen LogP contribution in [0.15, 0.2) is 0 Å². The Kier molecular flexibility index (Phi) is 5.47. The predicted octanol–water partition coefficient (Wildman–Crippen LogP) is 0.632. The first-order valence-electron chi connectivity index (χ1n) is 6.40. The molecule has 1 rings (SSSR count). The van der Waals surface area contributed by atoms with Crippen LogP contribution in [0.4, 0.5) is 0 Å². The van der Waals surface area contributed by atoms with Crippen molar-refractivity contribution < 1.29 is 14.3 Å². The minimum absolute atomic E-state index is 0.0478. The lowest BCUT2D eigenvalue weighted by Gasteiger charge is -2.18. The Morgan fingerprint density at radius 1 is 1.26 bits per heavy atom. The van der Waals surface area contributed by atoms with Crippen molar-refractivity contribution in [3.05, 3.63) is 11.4 Å². The molecule has 0 spiro atoms. The lowest BCUT2D eigenvalue weighted by Crippen LogP contribution is -2.34. The molecule has 1 aromatic heterocycles. The first kappa shape index (κ1) is 15.1. The number of carbonyl (C=O) groups excluding carboxylic acids is 2. The normalized spacial score (nSPS) is 10.3. The average Bonchev–Trinajstić information content (AvgIpc) is 2.73. The van der Waals surface area contributed by atoms with E-state index < -0.39 is 5.97 Å². The molecule has 106 valence electrons. The van der Waals surface area contributed by atoms with E-state index in [2.05, 4.69) is 10.3 Å². The molecule has 0 aliphatic rings. The predicted molar refractivity (Wildman–Crippen MR) is 68.6 cm³/mol. The molecule has 0 unspecified atom stereocenters. The summed E-state index contributed by atoms with van der Waals surface area (Å²) in [6.07, 6.45) is 0. The summed E-state index contributed by atoms with van der Waals surface area (Å²) in [6.45, 7) is 8.91. The van der Waals surface area contributed by atoms with Crippen molar-refractivity contribution >= 4 is 11.9 Å². The van der Waals surface area contributed by atoms with Crippen molar-refractivity contribution in [2.75, 3.05) is 19.7 Å². The summed E-state index contributed by atoms with van der Waals surface area (Å²) in [5.41, 5.74) is 0.702. The fourth-order valence-corrected chi connectivity index (χ4v) is 1.70. The first-order chi connectivity index (χ1) is 9.04. The molecular formula is C12H20N4O3. The second-order valence-electron chi connectivity index (χ2n) is 3.97. The number of hydrogen-bond acceptors (Lipinski definition) is 5. The van der Waals surface area contributed by atoms with Gasteiger partial charge in [-0.2, -0.15) is 0 Å². The minimum atomic E-state index is -0.512. The molecule has 0 saturated carbocycles. The third-order valence-electron chi connectivity index (χ3n) is 2.85. The topological polar surface area (TPSA) is 77.3 Å². The molecule has 0 N–H and O–H groups in total. The lowest BCUT2D eigenvalue weighted by atomic mass is 10.3. The van der Waals surface area contributed by atoms with Gasteiger partial charge in [-0.15, -0.1) is 5.10 Å². The van der Waals surface area contributed by atoms with Crippen LogP contribution in [0.5, 0.6) is 0 Å². The van der Waals surface area contributed by atoms with Crippen LogP contribution in [0.3, 0.4) is 0 Å². The standard InChI is InChI=1S/C12H20N4O3/c1-5-15(6-2)10(17)8-16-9(4)11(13-14-16)12(18)19-7-3/h5-8H2,1-4H3. The Labute approximate surface area is 112 Å². The van der Waals surface area contributed by atoms with E-state index in [0.717, 1.165) is 0 Å². The van der Waals surface area contributed by atoms with Crippen molar-refractivity contribution in [2.45, 2.75) is 34.2 Å². The third kappa shape index (κ3) is 3.52. The third-order valence-corrected chi connectivity index (χ3v) is 2.85. The summed E-state index contributed by atoms with van der Waals surface area (Å²) in [5.74, 6) is -0.560. The summed E-state index contributed by atoms with van der Waals surface area (Å²) >= 11 is 0. The van der Waals surface area contributed by atoms with E-state index in [-0.39, 0.29) is 24.8 Å². The number of hydrogen-bond donors (Lipinski definition) is 0. The number of ether oxygens (including phenoxy) is 1. The highest BCUT2D eigenvalue weighted by atomic mass is 16.5. The zero-order chi connectivity index (χ0) is 14.4. The van der Waals surface area contributed by atoms with Crippen molar-refractivity contribution in [3.63, 3.8) is 0 Å². The molecule has 1 aromatic rings. The van der Waals surface area contributed by atoms with Crippen LogP contribution in [-0.2, 0) is 16.1 Å². The van der Waals surface area contributed by atoms with Crippen LogP contribution in [0.1, 0.15) is 37.0 Å². The maximum absolute atomic E-state index is 12.0. The maximum Gasteiger partial charge on any atom is 0.360 e. The molecule has 7 nitrogen and oxygen atoms in total. The highest BCUT2D eigenvalue weighted by molar-refractivity contribution is 5.88. The number of esters is 1. The van der Waals surface area contributed by atoms with Gasteiger partial charge < -0.3 is 9.64 Å². The molecule has 0 aliphatic heterocycles. The Bertz CT molecular complexity index is 452. The van der Waals surface area contributed by atoms with Crippen molar-refractivity contribution in [3.8, 4) is 0 Å². The van der Waals surface area contributed by atoms with Crippen LogP contribution >= 0.6 is 0 Å². The van der Waals surface area contributed by atoms with Crippen LogP contribution in [0.2, 0.25) is 0 Å². The van der Waals surface area contributed by atoms with E-state index in [0.29, 0.717) is 18.8 Å². The van der Waals surface area contributed by atoms with Crippen molar-refractivity contribution in [1.82, 2.24) is 19.9 Å². The van der Waals surface area contributed by atoms with Gasteiger partial charge in [0.15, 0.2) is 5.69 Å². The van der Waals surface area contributed by atoms with E-state index in [1.165, 1.54) is 4.68 Å². The molecule has 0 fully saturated rings. The first-order valence-corrected chi connectivity index (χ1v) is 6.40. The molecule has 0 aliphatic carbocycles. The van der Waals surface area contributed by atoms with Crippen molar-refractivity contribution in [1.29, 1.82) is 0 Å². The molecular weight excluding hydrogens is 248 g/mol. The highest BCUT2D eigenvalue weighted by Gasteiger charge is 2.19. The smallest absolute Gasteiger partial charge is 0.360 e. The second kappa shape index (κ2) is 6.86. The van der Waals surface area contributed by atoms with E-state index in [4.69, 9.17) is 4.74 Å². The number of aromatic nitrogens is 3. The van der Waals surface area contributed by atoms with Gasteiger partial charge in [0.25, 0.3) is 0 Å². The Hall–Kier alpha value is -1.92. The maximum atomic E-state index is 12.0. The molecule has 0 saturated heterocycles. The largest absolute Gasteiger partial charge is 0.461 e. The van der Waals surface area contributed by atoms with Crippen molar-refractivity contribution in [2.24, 2.45) is 0 Å². The van der Waals surface area contributed by atoms with E-state index in [9.17, 15) is 9.59 Å². The number of nitrogens with zero attached hydrogens (tertiary/aromatic N) is 4. The fraction of sp³-hybridized carbons (Fsp3) is 0.667. The van der Waals surface area contributed by atoms with E-state index in [1.807, 2.05) is 13.8 Å². The lowest BCUT2D eigenvalue weighted by molar-refractivity contribution is -0.131. The van der Waals surface area contributed by atoms with Crippen LogP contribution < -0.4 is 0 Å². The second-order valence-corrected chi connectivity index (χ2v) is 3.97. The summed E-state index contributed by atoms with van der Waals surface area (Å²) in [7, 11) is 0. The van der Waals surface area contributed by atoms with Crippen LogP contribution in [0.25, 0.3) is 0 Å². The zero-order valence-corrected chi connectivity index (χ0v) is 11.8. The molecule has 0 radical (unpaired) electrons. The zero-order valence-electron chi connectivity index (χ0n) is 11.8. The SMILES string of the molecule is CCOC(=O)c1nnn(CC(=O)N(CC)CC)c1C. The van der Waals surface area contributed by atoms with E-state index in [1.54, 1.807) is 18.7 Å². The Balaban J connectivity index is 2.81. The monoisotopic (exact) mass is 268 g/mol. The summed E-state index contributed by atoms with van der Waals surface area (Å²) in [6, 6.07) is 0. The average molecular weight is 268 g/mol. The van der Waals surface area contributed by atoms with Gasteiger partial charge in [-0.1, -0.05) is 5.21 Å². The number of carbonyl (C=O) groups is 2. The van der Waals surface area contributed by atoms with Gasteiger partial charge in [-0.25, -0.2) is 9.48 Å². The number of amides is 1. The van der Waals surface area contributed by atoms with Gasteiger partial charge in [-0.3, -0.25) is 4.79 Å². The Morgan fingerprint density at radius 2 is 1.89 bits per heavy atom. The minimum Gasteiger partial charge on any atom is -0.461 e. The molecule has 19 heavy (non-hydrogen) atoms. The summed E-state index contributed by atoms with van der Waals surface area (Å²) in [5, 5.41) is 7.59. The van der Waals surface area contributed by atoms with Gasteiger partial charge in [0.05, 0.1) is 12.3 Å². The summed E-state index contributed by atoms with van der Waals surface area (Å²) in [4.78, 5) is 25.2. The van der Waals surface area contributed by atoms with Crippen LogP contribution in [-0.4, -0.2) is 51.5 Å². The van der Waals surface area contributed by atoms with Gasteiger partial charge >= 0.3 is 5.97 Å². The molecule has 1 amide bonds.